The Morgan fingerprint density at radius 1 is 1.05 bits per heavy atom. The van der Waals surface area contributed by atoms with Crippen molar-refractivity contribution in [3.63, 3.8) is 0 Å². The molecule has 22 heavy (non-hydrogen) atoms. The zero-order valence-corrected chi connectivity index (χ0v) is 13.2. The number of benzene rings is 1. The van der Waals surface area contributed by atoms with E-state index >= 15 is 0 Å². The number of nitrogens with zero attached hydrogens (tertiary/aromatic N) is 2. The van der Waals surface area contributed by atoms with Crippen LogP contribution in [0.3, 0.4) is 0 Å². The molecule has 1 aromatic carbocycles. The van der Waals surface area contributed by atoms with Crippen LogP contribution in [0, 0.1) is 0 Å². The van der Waals surface area contributed by atoms with Crippen LogP contribution in [0.2, 0.25) is 0 Å². The fourth-order valence-corrected chi connectivity index (χ4v) is 2.82. The number of hydrogen-bond acceptors (Lipinski definition) is 6. The van der Waals surface area contributed by atoms with Gasteiger partial charge in [0.05, 0.1) is 12.9 Å². The van der Waals surface area contributed by atoms with E-state index in [2.05, 4.69) is 20.2 Å². The van der Waals surface area contributed by atoms with Crippen molar-refractivity contribution >= 4 is 27.3 Å². The van der Waals surface area contributed by atoms with Crippen molar-refractivity contribution in [1.82, 2.24) is 10.2 Å². The summed E-state index contributed by atoms with van der Waals surface area (Å²) in [4.78, 5) is 0. The molecule has 0 saturated heterocycles. The molecule has 1 aromatic heterocycles. The summed E-state index contributed by atoms with van der Waals surface area (Å²) in [6, 6.07) is 10.6. The van der Waals surface area contributed by atoms with Gasteiger partial charge in [0.1, 0.15) is 5.75 Å². The summed E-state index contributed by atoms with van der Waals surface area (Å²) in [5, 5.41) is 10.9. The van der Waals surface area contributed by atoms with Gasteiger partial charge in [0, 0.05) is 5.69 Å². The number of methoxy groups -OCH3 is 1. The van der Waals surface area contributed by atoms with E-state index in [1.165, 1.54) is 0 Å². The number of rotatable bonds is 7. The Balaban J connectivity index is 2.02. The third-order valence-corrected chi connectivity index (χ3v) is 4.23. The Bertz CT molecular complexity index is 700. The molecule has 2 rings (SSSR count). The molecule has 1 heterocycles. The van der Waals surface area contributed by atoms with Crippen molar-refractivity contribution in [3.05, 3.63) is 36.4 Å². The Morgan fingerprint density at radius 3 is 2.23 bits per heavy atom. The first kappa shape index (κ1) is 16.0. The normalized spacial score (nSPS) is 11.0. The molecule has 2 N–H and O–H groups in total. The fraction of sp³-hybridized carbons (Fsp3) is 0.286. The minimum atomic E-state index is -3.35. The van der Waals surface area contributed by atoms with Crippen molar-refractivity contribution in [1.29, 1.82) is 0 Å². The Hall–Kier alpha value is -2.35. The second-order valence-corrected chi connectivity index (χ2v) is 6.42. The quantitative estimate of drug-likeness (QED) is 0.813. The first-order valence-corrected chi connectivity index (χ1v) is 8.43. The van der Waals surface area contributed by atoms with E-state index in [1.807, 2.05) is 24.3 Å². The molecular weight excluding hydrogens is 304 g/mol. The van der Waals surface area contributed by atoms with Crippen LogP contribution in [0.25, 0.3) is 0 Å². The van der Waals surface area contributed by atoms with Gasteiger partial charge in [-0.25, -0.2) is 8.42 Å². The highest BCUT2D eigenvalue weighted by Crippen LogP contribution is 2.18. The lowest BCUT2D eigenvalue weighted by Gasteiger charge is -2.08. The number of hydrogen-bond donors (Lipinski definition) is 2. The maximum Gasteiger partial charge on any atom is 0.233 e. The average Bonchev–Trinajstić information content (AvgIpc) is 2.49. The van der Waals surface area contributed by atoms with Gasteiger partial charge < -0.3 is 10.1 Å². The summed E-state index contributed by atoms with van der Waals surface area (Å²) in [6.07, 6.45) is 0.542. The van der Waals surface area contributed by atoms with E-state index in [1.54, 1.807) is 26.2 Å². The Labute approximate surface area is 129 Å². The van der Waals surface area contributed by atoms with Gasteiger partial charge in [-0.2, -0.15) is 0 Å². The second-order valence-electron chi connectivity index (χ2n) is 4.58. The minimum Gasteiger partial charge on any atom is -0.497 e. The molecule has 0 bridgehead atoms. The smallest absolute Gasteiger partial charge is 0.233 e. The van der Waals surface area contributed by atoms with E-state index in [0.29, 0.717) is 12.2 Å². The molecule has 2 aromatic rings. The van der Waals surface area contributed by atoms with Crippen LogP contribution in [0.5, 0.6) is 5.75 Å². The van der Waals surface area contributed by atoms with Gasteiger partial charge in [0.15, 0.2) is 11.6 Å². The number of ether oxygens (including phenoxy) is 1. The summed E-state index contributed by atoms with van der Waals surface area (Å²) < 4.78 is 30.7. The molecule has 118 valence electrons. The maximum atomic E-state index is 11.6. The maximum absolute atomic E-state index is 11.6. The topological polar surface area (TPSA) is 93.2 Å². The van der Waals surface area contributed by atoms with Crippen molar-refractivity contribution < 1.29 is 13.2 Å². The predicted octanol–water partition coefficient (Wildman–Crippen LogP) is 2.38. The number of sulfonamides is 1. The lowest BCUT2D eigenvalue weighted by atomic mass is 10.3. The van der Waals surface area contributed by atoms with Crippen LogP contribution in [-0.2, 0) is 10.0 Å². The predicted molar refractivity (Wildman–Crippen MR) is 86.0 cm³/mol. The SMILES string of the molecule is CCCS(=O)(=O)Nc1ccc(Nc2ccc(OC)cc2)nn1. The summed E-state index contributed by atoms with van der Waals surface area (Å²) >= 11 is 0. The van der Waals surface area contributed by atoms with Crippen LogP contribution >= 0.6 is 0 Å². The van der Waals surface area contributed by atoms with Gasteiger partial charge in [0.2, 0.25) is 10.0 Å². The molecule has 0 saturated carbocycles. The van der Waals surface area contributed by atoms with Gasteiger partial charge in [-0.1, -0.05) is 6.92 Å². The molecule has 8 heteroatoms. The van der Waals surface area contributed by atoms with Crippen molar-refractivity contribution in [2.45, 2.75) is 13.3 Å². The molecular formula is C14H18N4O3S. The zero-order chi connectivity index (χ0) is 16.0. The molecule has 0 aliphatic heterocycles. The summed E-state index contributed by atoms with van der Waals surface area (Å²) in [5.41, 5.74) is 0.828. The van der Waals surface area contributed by atoms with Gasteiger partial charge >= 0.3 is 0 Å². The van der Waals surface area contributed by atoms with Crippen LogP contribution in [-0.4, -0.2) is 31.5 Å². The average molecular weight is 322 g/mol. The van der Waals surface area contributed by atoms with Crippen molar-refractivity contribution in [2.75, 3.05) is 22.9 Å². The molecule has 0 amide bonds. The highest BCUT2D eigenvalue weighted by atomic mass is 32.2. The molecule has 0 atom stereocenters. The third kappa shape index (κ3) is 4.59. The van der Waals surface area contributed by atoms with Crippen LogP contribution in [0.4, 0.5) is 17.3 Å². The lowest BCUT2D eigenvalue weighted by molar-refractivity contribution is 0.415. The highest BCUT2D eigenvalue weighted by Gasteiger charge is 2.09. The summed E-state index contributed by atoms with van der Waals surface area (Å²) in [7, 11) is -1.75. The molecule has 0 fully saturated rings. The number of anilines is 3. The van der Waals surface area contributed by atoms with E-state index in [-0.39, 0.29) is 11.6 Å². The van der Waals surface area contributed by atoms with Crippen LogP contribution < -0.4 is 14.8 Å². The summed E-state index contributed by atoms with van der Waals surface area (Å²) in [5.74, 6) is 1.54. The third-order valence-electron chi connectivity index (χ3n) is 2.76. The Morgan fingerprint density at radius 2 is 1.68 bits per heavy atom. The van der Waals surface area contributed by atoms with Gasteiger partial charge in [0.25, 0.3) is 0 Å². The molecule has 0 radical (unpaired) electrons. The number of aromatic nitrogens is 2. The van der Waals surface area contributed by atoms with Gasteiger partial charge in [-0.05, 0) is 42.8 Å². The Kier molecular flexibility index (Phi) is 5.16. The molecule has 0 aliphatic carbocycles. The fourth-order valence-electron chi connectivity index (χ4n) is 1.75. The molecule has 0 aliphatic rings. The summed E-state index contributed by atoms with van der Waals surface area (Å²) in [6.45, 7) is 1.80. The van der Waals surface area contributed by atoms with E-state index in [9.17, 15) is 8.42 Å². The zero-order valence-electron chi connectivity index (χ0n) is 12.4. The van der Waals surface area contributed by atoms with Crippen molar-refractivity contribution in [3.8, 4) is 5.75 Å². The second kappa shape index (κ2) is 7.08. The largest absolute Gasteiger partial charge is 0.497 e. The first-order valence-electron chi connectivity index (χ1n) is 6.77. The van der Waals surface area contributed by atoms with Crippen LogP contribution in [0.15, 0.2) is 36.4 Å². The molecule has 7 nitrogen and oxygen atoms in total. The monoisotopic (exact) mass is 322 g/mol. The lowest BCUT2D eigenvalue weighted by Crippen LogP contribution is -2.17. The van der Waals surface area contributed by atoms with E-state index in [4.69, 9.17) is 4.74 Å². The van der Waals surface area contributed by atoms with Crippen LogP contribution in [0.1, 0.15) is 13.3 Å². The van der Waals surface area contributed by atoms with Crippen molar-refractivity contribution in [2.24, 2.45) is 0 Å². The van der Waals surface area contributed by atoms with Gasteiger partial charge in [-0.15, -0.1) is 10.2 Å². The standard InChI is InChI=1S/C14H18N4O3S/c1-3-10-22(19,20)18-14-9-8-13(16-17-14)15-11-4-6-12(21-2)7-5-11/h4-9H,3,10H2,1-2H3,(H,15,16)(H,17,18). The minimum absolute atomic E-state index is 0.0561. The van der Waals surface area contributed by atoms with E-state index < -0.39 is 10.0 Å². The van der Waals surface area contributed by atoms with E-state index in [0.717, 1.165) is 11.4 Å². The molecule has 0 spiro atoms. The molecule has 0 unspecified atom stereocenters. The number of nitrogens with one attached hydrogen (secondary N) is 2. The van der Waals surface area contributed by atoms with Gasteiger partial charge in [-0.3, -0.25) is 4.72 Å². The highest BCUT2D eigenvalue weighted by molar-refractivity contribution is 7.92. The first-order chi connectivity index (χ1) is 10.5.